The maximum absolute atomic E-state index is 11.0. The van der Waals surface area contributed by atoms with Crippen LogP contribution in [-0.4, -0.2) is 48.5 Å². The monoisotopic (exact) mass is 343 g/mol. The quantitative estimate of drug-likeness (QED) is 0.537. The SMILES string of the molecule is CCCN(CCN(C)C)Cc1cccc([N+](=O)[O-])c1Br. The number of nitro benzene ring substituents is 1. The van der Waals surface area contributed by atoms with Gasteiger partial charge < -0.3 is 4.90 Å². The van der Waals surface area contributed by atoms with Crippen molar-refractivity contribution in [2.24, 2.45) is 0 Å². The molecule has 0 fully saturated rings. The molecule has 0 amide bonds. The minimum absolute atomic E-state index is 0.131. The van der Waals surface area contributed by atoms with E-state index in [9.17, 15) is 10.1 Å². The summed E-state index contributed by atoms with van der Waals surface area (Å²) in [5.74, 6) is 0. The lowest BCUT2D eigenvalue weighted by atomic mass is 10.2. The third kappa shape index (κ3) is 5.19. The smallest absolute Gasteiger partial charge is 0.283 e. The molecule has 0 spiro atoms. The summed E-state index contributed by atoms with van der Waals surface area (Å²) < 4.78 is 0.593. The van der Waals surface area contributed by atoms with E-state index in [1.165, 1.54) is 6.07 Å². The molecule has 0 N–H and O–H groups in total. The zero-order valence-corrected chi connectivity index (χ0v) is 13.9. The van der Waals surface area contributed by atoms with E-state index in [0.29, 0.717) is 4.47 Å². The number of nitro groups is 1. The van der Waals surface area contributed by atoms with Crippen molar-refractivity contribution < 1.29 is 4.92 Å². The molecule has 0 aliphatic heterocycles. The molecule has 1 rings (SSSR count). The van der Waals surface area contributed by atoms with E-state index in [-0.39, 0.29) is 10.6 Å². The van der Waals surface area contributed by atoms with Crippen molar-refractivity contribution in [3.05, 3.63) is 38.3 Å². The lowest BCUT2D eigenvalue weighted by molar-refractivity contribution is -0.385. The summed E-state index contributed by atoms with van der Waals surface area (Å²) in [6.07, 6.45) is 1.07. The second kappa shape index (κ2) is 8.34. The van der Waals surface area contributed by atoms with Crippen LogP contribution >= 0.6 is 15.9 Å². The minimum atomic E-state index is -0.350. The number of hydrogen-bond donors (Lipinski definition) is 0. The van der Waals surface area contributed by atoms with Crippen LogP contribution in [0, 0.1) is 10.1 Å². The zero-order chi connectivity index (χ0) is 15.1. The second-order valence-electron chi connectivity index (χ2n) is 5.09. The van der Waals surface area contributed by atoms with Crippen molar-refractivity contribution >= 4 is 21.6 Å². The Kier molecular flexibility index (Phi) is 7.12. The fourth-order valence-corrected chi connectivity index (χ4v) is 2.53. The van der Waals surface area contributed by atoms with Crippen molar-refractivity contribution in [2.75, 3.05) is 33.7 Å². The molecule has 0 atom stereocenters. The number of likely N-dealkylation sites (N-methyl/N-ethyl adjacent to an activating group) is 1. The molecule has 1 aromatic carbocycles. The molecule has 6 heteroatoms. The highest BCUT2D eigenvalue weighted by Gasteiger charge is 2.16. The Hall–Kier alpha value is -0.980. The van der Waals surface area contributed by atoms with Gasteiger partial charge in [-0.2, -0.15) is 0 Å². The summed E-state index contributed by atoms with van der Waals surface area (Å²) in [5.41, 5.74) is 1.10. The average Bonchev–Trinajstić information content (AvgIpc) is 2.38. The molecule has 0 heterocycles. The van der Waals surface area contributed by atoms with Gasteiger partial charge in [0, 0.05) is 25.7 Å². The number of hydrogen-bond acceptors (Lipinski definition) is 4. The summed E-state index contributed by atoms with van der Waals surface area (Å²) in [5, 5.41) is 11.0. The predicted molar refractivity (Wildman–Crippen MR) is 84.9 cm³/mol. The number of halogens is 1. The highest BCUT2D eigenvalue weighted by Crippen LogP contribution is 2.29. The molecule has 0 unspecified atom stereocenters. The minimum Gasteiger partial charge on any atom is -0.308 e. The topological polar surface area (TPSA) is 49.6 Å². The Morgan fingerprint density at radius 2 is 1.95 bits per heavy atom. The van der Waals surface area contributed by atoms with Gasteiger partial charge in [0.25, 0.3) is 5.69 Å². The lowest BCUT2D eigenvalue weighted by Crippen LogP contribution is -2.32. The van der Waals surface area contributed by atoms with E-state index in [2.05, 4.69) is 32.7 Å². The third-order valence-electron chi connectivity index (χ3n) is 3.05. The van der Waals surface area contributed by atoms with Gasteiger partial charge in [-0.1, -0.05) is 19.1 Å². The van der Waals surface area contributed by atoms with Crippen molar-refractivity contribution in [3.8, 4) is 0 Å². The molecule has 20 heavy (non-hydrogen) atoms. The van der Waals surface area contributed by atoms with E-state index in [1.54, 1.807) is 6.07 Å². The van der Waals surface area contributed by atoms with Crippen LogP contribution < -0.4 is 0 Å². The van der Waals surface area contributed by atoms with Gasteiger partial charge in [0.1, 0.15) is 0 Å². The molecule has 5 nitrogen and oxygen atoms in total. The molecule has 0 aromatic heterocycles. The Labute approximate surface area is 128 Å². The van der Waals surface area contributed by atoms with Crippen LogP contribution in [0.15, 0.2) is 22.7 Å². The molecule has 0 bridgehead atoms. The van der Waals surface area contributed by atoms with E-state index in [1.807, 2.05) is 20.2 Å². The van der Waals surface area contributed by atoms with Crippen LogP contribution in [0.4, 0.5) is 5.69 Å². The first-order valence-electron chi connectivity index (χ1n) is 6.74. The third-order valence-corrected chi connectivity index (χ3v) is 3.97. The second-order valence-corrected chi connectivity index (χ2v) is 5.88. The summed E-state index contributed by atoms with van der Waals surface area (Å²) in [6.45, 7) is 5.79. The summed E-state index contributed by atoms with van der Waals surface area (Å²) >= 11 is 3.36. The maximum Gasteiger partial charge on any atom is 0.283 e. The molecule has 0 saturated carbocycles. The molecule has 0 aliphatic rings. The van der Waals surface area contributed by atoms with Crippen LogP contribution in [-0.2, 0) is 6.54 Å². The maximum atomic E-state index is 11.0. The van der Waals surface area contributed by atoms with Gasteiger partial charge in [0.15, 0.2) is 0 Å². The molecular weight excluding hydrogens is 322 g/mol. The fraction of sp³-hybridized carbons (Fsp3) is 0.571. The van der Waals surface area contributed by atoms with Crippen LogP contribution in [0.3, 0.4) is 0 Å². The van der Waals surface area contributed by atoms with E-state index in [0.717, 1.165) is 38.2 Å². The highest BCUT2D eigenvalue weighted by molar-refractivity contribution is 9.10. The standard InChI is InChI=1S/C14H22BrN3O2/c1-4-8-17(10-9-16(2)3)11-12-6-5-7-13(14(12)15)18(19)20/h5-7H,4,8-11H2,1-3H3. The predicted octanol–water partition coefficient (Wildman–Crippen LogP) is 3.13. The van der Waals surface area contributed by atoms with Crippen LogP contribution in [0.25, 0.3) is 0 Å². The van der Waals surface area contributed by atoms with Gasteiger partial charge >= 0.3 is 0 Å². The fourth-order valence-electron chi connectivity index (χ4n) is 2.00. The molecule has 112 valence electrons. The van der Waals surface area contributed by atoms with Crippen molar-refractivity contribution in [3.63, 3.8) is 0 Å². The normalized spacial score (nSPS) is 11.3. The van der Waals surface area contributed by atoms with Crippen LogP contribution in [0.5, 0.6) is 0 Å². The number of rotatable bonds is 8. The molecule has 1 aromatic rings. The van der Waals surface area contributed by atoms with Crippen molar-refractivity contribution in [1.29, 1.82) is 0 Å². The van der Waals surface area contributed by atoms with Crippen LogP contribution in [0.2, 0.25) is 0 Å². The van der Waals surface area contributed by atoms with Gasteiger partial charge in [0.2, 0.25) is 0 Å². The van der Waals surface area contributed by atoms with Gasteiger partial charge in [-0.05, 0) is 48.6 Å². The Balaban J connectivity index is 2.82. The first-order valence-corrected chi connectivity index (χ1v) is 7.53. The number of nitrogens with zero attached hydrogens (tertiary/aromatic N) is 3. The molecule has 0 radical (unpaired) electrons. The highest BCUT2D eigenvalue weighted by atomic mass is 79.9. The summed E-state index contributed by atoms with van der Waals surface area (Å²) in [7, 11) is 4.10. The van der Waals surface area contributed by atoms with Gasteiger partial charge in [-0.15, -0.1) is 0 Å². The Bertz CT molecular complexity index is 452. The largest absolute Gasteiger partial charge is 0.308 e. The van der Waals surface area contributed by atoms with Gasteiger partial charge in [-0.25, -0.2) is 0 Å². The first kappa shape index (κ1) is 17.1. The Morgan fingerprint density at radius 3 is 2.50 bits per heavy atom. The van der Waals surface area contributed by atoms with Gasteiger partial charge in [0.05, 0.1) is 9.40 Å². The molecule has 0 aliphatic carbocycles. The zero-order valence-electron chi connectivity index (χ0n) is 12.3. The lowest BCUT2D eigenvalue weighted by Gasteiger charge is -2.24. The molecule has 0 saturated heterocycles. The summed E-state index contributed by atoms with van der Waals surface area (Å²) in [6, 6.07) is 5.21. The number of benzene rings is 1. The molecular formula is C14H22BrN3O2. The van der Waals surface area contributed by atoms with E-state index in [4.69, 9.17) is 0 Å². The van der Waals surface area contributed by atoms with Crippen molar-refractivity contribution in [1.82, 2.24) is 9.80 Å². The van der Waals surface area contributed by atoms with Gasteiger partial charge in [-0.3, -0.25) is 15.0 Å². The summed E-state index contributed by atoms with van der Waals surface area (Å²) in [4.78, 5) is 15.1. The first-order chi connectivity index (χ1) is 9.45. The van der Waals surface area contributed by atoms with Crippen LogP contribution in [0.1, 0.15) is 18.9 Å². The Morgan fingerprint density at radius 1 is 1.25 bits per heavy atom. The van der Waals surface area contributed by atoms with Crippen molar-refractivity contribution in [2.45, 2.75) is 19.9 Å². The average molecular weight is 344 g/mol. The van der Waals surface area contributed by atoms with E-state index < -0.39 is 0 Å². The van der Waals surface area contributed by atoms with E-state index >= 15 is 0 Å².